The highest BCUT2D eigenvalue weighted by atomic mass is 35.5. The van der Waals surface area contributed by atoms with Crippen LogP contribution in [0.3, 0.4) is 0 Å². The zero-order valence-electron chi connectivity index (χ0n) is 9.66. The lowest BCUT2D eigenvalue weighted by Gasteiger charge is -2.11. The summed E-state index contributed by atoms with van der Waals surface area (Å²) >= 11 is 0. The molecule has 3 N–H and O–H groups in total. The van der Waals surface area contributed by atoms with Crippen LogP contribution in [0.1, 0.15) is 11.1 Å². The predicted octanol–water partition coefficient (Wildman–Crippen LogP) is 1.10. The van der Waals surface area contributed by atoms with Crippen molar-refractivity contribution in [3.8, 4) is 0 Å². The first-order chi connectivity index (χ1) is 7.38. The van der Waals surface area contributed by atoms with Crippen LogP contribution in [0.5, 0.6) is 0 Å². The summed E-state index contributed by atoms with van der Waals surface area (Å²) in [6, 6.07) is 2.40. The Morgan fingerprint density at radius 2 is 1.76 bits per heavy atom. The predicted molar refractivity (Wildman–Crippen MR) is 67.4 cm³/mol. The second-order valence-electron chi connectivity index (χ2n) is 3.56. The smallest absolute Gasteiger partial charge is 0.241 e. The maximum Gasteiger partial charge on any atom is 0.241 e. The summed E-state index contributed by atoms with van der Waals surface area (Å²) in [5, 5.41) is 0. The van der Waals surface area contributed by atoms with E-state index >= 15 is 0 Å². The van der Waals surface area contributed by atoms with Crippen LogP contribution in [0.2, 0.25) is 0 Å². The van der Waals surface area contributed by atoms with Gasteiger partial charge in [-0.05, 0) is 37.1 Å². The van der Waals surface area contributed by atoms with Crippen LogP contribution in [0.15, 0.2) is 17.0 Å². The van der Waals surface area contributed by atoms with Crippen molar-refractivity contribution in [2.24, 2.45) is 5.73 Å². The molecule has 1 rings (SSSR count). The topological polar surface area (TPSA) is 72.2 Å². The van der Waals surface area contributed by atoms with Gasteiger partial charge >= 0.3 is 0 Å². The highest BCUT2D eigenvalue weighted by Crippen LogP contribution is 2.20. The fourth-order valence-corrected chi connectivity index (χ4v) is 3.08. The molecule has 0 aliphatic heterocycles. The van der Waals surface area contributed by atoms with Crippen molar-refractivity contribution >= 4 is 22.4 Å². The van der Waals surface area contributed by atoms with Gasteiger partial charge in [-0.15, -0.1) is 12.4 Å². The second-order valence-corrected chi connectivity index (χ2v) is 5.26. The molecule has 0 saturated carbocycles. The molecule has 0 atom stereocenters. The highest BCUT2D eigenvalue weighted by molar-refractivity contribution is 7.89. The Morgan fingerprint density at radius 3 is 2.18 bits per heavy atom. The maximum absolute atomic E-state index is 13.0. The molecule has 0 spiro atoms. The number of benzene rings is 1. The maximum atomic E-state index is 13.0. The molecule has 0 radical (unpaired) electrons. The Balaban J connectivity index is 0.00000256. The Bertz CT molecular complexity index is 468. The van der Waals surface area contributed by atoms with Crippen LogP contribution in [0, 0.1) is 19.7 Å². The number of aryl methyl sites for hydroxylation is 2. The first kappa shape index (κ1) is 16.3. The standard InChI is InChI=1S/C10H15FN2O2S.ClH/c1-7-5-9(11)6-8(2)10(7)16(14,15)13-4-3-12;/h5-6,13H,3-4,12H2,1-2H3;1H. The summed E-state index contributed by atoms with van der Waals surface area (Å²) in [4.78, 5) is 0.127. The van der Waals surface area contributed by atoms with Gasteiger partial charge in [-0.2, -0.15) is 0 Å². The number of halogens is 2. The molecule has 0 aliphatic rings. The Kier molecular flexibility index (Phi) is 6.04. The van der Waals surface area contributed by atoms with Crippen molar-refractivity contribution < 1.29 is 12.8 Å². The van der Waals surface area contributed by atoms with Gasteiger partial charge in [0.2, 0.25) is 10.0 Å². The number of sulfonamides is 1. The molecule has 0 saturated heterocycles. The molecule has 17 heavy (non-hydrogen) atoms. The molecule has 98 valence electrons. The van der Waals surface area contributed by atoms with Crippen LogP contribution in [-0.2, 0) is 10.0 Å². The number of nitrogens with one attached hydrogen (secondary N) is 1. The molecule has 0 amide bonds. The Hall–Kier alpha value is -0.690. The van der Waals surface area contributed by atoms with E-state index in [9.17, 15) is 12.8 Å². The van der Waals surface area contributed by atoms with E-state index in [0.29, 0.717) is 11.1 Å². The van der Waals surface area contributed by atoms with Crippen molar-refractivity contribution in [3.05, 3.63) is 29.1 Å². The van der Waals surface area contributed by atoms with E-state index in [4.69, 9.17) is 5.73 Å². The van der Waals surface area contributed by atoms with Gasteiger partial charge in [-0.1, -0.05) is 0 Å². The lowest BCUT2D eigenvalue weighted by molar-refractivity contribution is 0.579. The van der Waals surface area contributed by atoms with Gasteiger partial charge in [0.1, 0.15) is 5.82 Å². The zero-order valence-corrected chi connectivity index (χ0v) is 11.3. The number of rotatable bonds is 4. The number of hydrogen-bond donors (Lipinski definition) is 2. The summed E-state index contributed by atoms with van der Waals surface area (Å²) in [7, 11) is -3.60. The van der Waals surface area contributed by atoms with Gasteiger partial charge in [0.25, 0.3) is 0 Å². The van der Waals surface area contributed by atoms with E-state index in [1.54, 1.807) is 13.8 Å². The minimum absolute atomic E-state index is 0. The summed E-state index contributed by atoms with van der Waals surface area (Å²) in [6.45, 7) is 3.51. The van der Waals surface area contributed by atoms with Gasteiger partial charge in [-0.3, -0.25) is 0 Å². The summed E-state index contributed by atoms with van der Waals surface area (Å²) < 4.78 is 39.1. The van der Waals surface area contributed by atoms with Gasteiger partial charge in [-0.25, -0.2) is 17.5 Å². The SMILES string of the molecule is Cc1cc(F)cc(C)c1S(=O)(=O)NCCN.Cl. The molecular formula is C10H16ClFN2O2S. The van der Waals surface area contributed by atoms with E-state index in [1.807, 2.05) is 0 Å². The number of nitrogens with two attached hydrogens (primary N) is 1. The molecular weight excluding hydrogens is 267 g/mol. The van der Waals surface area contributed by atoms with Gasteiger partial charge in [0.05, 0.1) is 4.90 Å². The van der Waals surface area contributed by atoms with E-state index in [1.165, 1.54) is 12.1 Å². The molecule has 4 nitrogen and oxygen atoms in total. The van der Waals surface area contributed by atoms with Crippen LogP contribution in [0.4, 0.5) is 4.39 Å². The quantitative estimate of drug-likeness (QED) is 0.869. The van der Waals surface area contributed by atoms with Crippen LogP contribution in [0.25, 0.3) is 0 Å². The average Bonchev–Trinajstić information content (AvgIpc) is 2.12. The molecule has 0 heterocycles. The average molecular weight is 283 g/mol. The van der Waals surface area contributed by atoms with Gasteiger partial charge in [0.15, 0.2) is 0 Å². The third-order valence-electron chi connectivity index (χ3n) is 2.13. The molecule has 0 aromatic heterocycles. The zero-order chi connectivity index (χ0) is 12.3. The molecule has 0 unspecified atom stereocenters. The largest absolute Gasteiger partial charge is 0.329 e. The molecule has 1 aromatic carbocycles. The van der Waals surface area contributed by atoms with Crippen molar-refractivity contribution in [3.63, 3.8) is 0 Å². The van der Waals surface area contributed by atoms with Crippen LogP contribution >= 0.6 is 12.4 Å². The van der Waals surface area contributed by atoms with Gasteiger partial charge < -0.3 is 5.73 Å². The van der Waals surface area contributed by atoms with Crippen LogP contribution < -0.4 is 10.5 Å². The first-order valence-corrected chi connectivity index (χ1v) is 6.33. The highest BCUT2D eigenvalue weighted by Gasteiger charge is 2.19. The second kappa shape index (κ2) is 6.30. The minimum Gasteiger partial charge on any atom is -0.329 e. The van der Waals surface area contributed by atoms with Crippen molar-refractivity contribution in [2.75, 3.05) is 13.1 Å². The fraction of sp³-hybridized carbons (Fsp3) is 0.400. The third-order valence-corrected chi connectivity index (χ3v) is 3.90. The van der Waals surface area contributed by atoms with Crippen molar-refractivity contribution in [2.45, 2.75) is 18.7 Å². The lowest BCUT2D eigenvalue weighted by atomic mass is 10.1. The third kappa shape index (κ3) is 3.92. The monoisotopic (exact) mass is 282 g/mol. The molecule has 1 aromatic rings. The summed E-state index contributed by atoms with van der Waals surface area (Å²) in [5.41, 5.74) is 6.01. The van der Waals surface area contributed by atoms with E-state index in [0.717, 1.165) is 0 Å². The molecule has 7 heteroatoms. The normalized spacial score (nSPS) is 11.1. The fourth-order valence-electron chi connectivity index (χ4n) is 1.59. The van der Waals surface area contributed by atoms with Crippen molar-refractivity contribution in [1.82, 2.24) is 4.72 Å². The summed E-state index contributed by atoms with van der Waals surface area (Å²) in [5.74, 6) is -0.437. The summed E-state index contributed by atoms with van der Waals surface area (Å²) in [6.07, 6.45) is 0. The van der Waals surface area contributed by atoms with E-state index in [-0.39, 0.29) is 30.4 Å². The van der Waals surface area contributed by atoms with Crippen molar-refractivity contribution in [1.29, 1.82) is 0 Å². The Morgan fingerprint density at radius 1 is 1.29 bits per heavy atom. The molecule has 0 bridgehead atoms. The molecule has 0 fully saturated rings. The van der Waals surface area contributed by atoms with Crippen LogP contribution in [-0.4, -0.2) is 21.5 Å². The minimum atomic E-state index is -3.60. The number of hydrogen-bond acceptors (Lipinski definition) is 3. The molecule has 0 aliphatic carbocycles. The van der Waals surface area contributed by atoms with E-state index < -0.39 is 15.8 Å². The van der Waals surface area contributed by atoms with E-state index in [2.05, 4.69) is 4.72 Å². The van der Waals surface area contributed by atoms with Gasteiger partial charge in [0, 0.05) is 13.1 Å². The Labute approximate surface area is 107 Å². The lowest BCUT2D eigenvalue weighted by Crippen LogP contribution is -2.30. The first-order valence-electron chi connectivity index (χ1n) is 4.85.